The molecule has 170 valence electrons. The molecule has 0 spiro atoms. The molecular formula is C28H22Cl2N2O2. The van der Waals surface area contributed by atoms with Gasteiger partial charge in [0, 0.05) is 21.2 Å². The Morgan fingerprint density at radius 1 is 0.500 bits per heavy atom. The fraction of sp³-hybridized carbons (Fsp3) is 0.0714. The Morgan fingerprint density at radius 2 is 0.824 bits per heavy atom. The average molecular weight is 489 g/mol. The Bertz CT molecular complexity index is 1190. The summed E-state index contributed by atoms with van der Waals surface area (Å²) in [4.78, 5) is 9.98. The summed E-state index contributed by atoms with van der Waals surface area (Å²) in [5.41, 5.74) is 4.69. The molecule has 0 atom stereocenters. The molecule has 4 rings (SSSR count). The van der Waals surface area contributed by atoms with Crippen molar-refractivity contribution in [2.24, 2.45) is 9.98 Å². The molecule has 0 saturated heterocycles. The topological polar surface area (TPSA) is 43.2 Å². The maximum absolute atomic E-state index is 6.10. The molecule has 0 aliphatic heterocycles. The fourth-order valence-electron chi connectivity index (χ4n) is 3.30. The lowest BCUT2D eigenvalue weighted by molar-refractivity contribution is 0.414. The van der Waals surface area contributed by atoms with Crippen LogP contribution in [0.1, 0.15) is 11.1 Å². The second-order valence-corrected chi connectivity index (χ2v) is 8.20. The van der Waals surface area contributed by atoms with Crippen molar-refractivity contribution in [1.29, 1.82) is 0 Å². The standard InChI is InChI=1S/C28H22Cl2N2O2/c1-33-25-15-3-19(4-16-25)27(31-23-11-7-21(29)8-12-23)28(20-5-17-26(34-2)18-6-20)32-24-13-9-22(30)10-14-24/h3-18H,1-2H3. The van der Waals surface area contributed by atoms with Gasteiger partial charge in [-0.15, -0.1) is 0 Å². The van der Waals surface area contributed by atoms with E-state index < -0.39 is 0 Å². The van der Waals surface area contributed by atoms with E-state index in [4.69, 9.17) is 42.7 Å². The van der Waals surface area contributed by atoms with Gasteiger partial charge < -0.3 is 9.47 Å². The van der Waals surface area contributed by atoms with Gasteiger partial charge >= 0.3 is 0 Å². The molecule has 0 fully saturated rings. The highest BCUT2D eigenvalue weighted by atomic mass is 35.5. The first-order chi connectivity index (χ1) is 16.6. The van der Waals surface area contributed by atoms with Crippen LogP contribution in [0.3, 0.4) is 0 Å². The summed E-state index contributed by atoms with van der Waals surface area (Å²) in [6.07, 6.45) is 0. The molecule has 0 bridgehead atoms. The predicted octanol–water partition coefficient (Wildman–Crippen LogP) is 7.95. The Balaban J connectivity index is 1.93. The van der Waals surface area contributed by atoms with Gasteiger partial charge in [-0.05, 0) is 97.1 Å². The lowest BCUT2D eigenvalue weighted by Crippen LogP contribution is -2.17. The summed E-state index contributed by atoms with van der Waals surface area (Å²) in [6.45, 7) is 0. The van der Waals surface area contributed by atoms with E-state index in [1.54, 1.807) is 14.2 Å². The zero-order valence-corrected chi connectivity index (χ0v) is 20.2. The van der Waals surface area contributed by atoms with Gasteiger partial charge in [-0.1, -0.05) is 23.2 Å². The van der Waals surface area contributed by atoms with Crippen molar-refractivity contribution in [3.63, 3.8) is 0 Å². The zero-order chi connectivity index (χ0) is 23.9. The number of benzene rings is 4. The second-order valence-electron chi connectivity index (χ2n) is 7.33. The van der Waals surface area contributed by atoms with Crippen LogP contribution in [0.4, 0.5) is 11.4 Å². The Labute approximate surface area is 209 Å². The first-order valence-electron chi connectivity index (χ1n) is 10.5. The van der Waals surface area contributed by atoms with Crippen molar-refractivity contribution in [2.75, 3.05) is 14.2 Å². The molecule has 4 aromatic rings. The SMILES string of the molecule is COc1ccc(C(=Nc2ccc(Cl)cc2)C(=Nc2ccc(Cl)cc2)c2ccc(OC)cc2)cc1. The molecule has 34 heavy (non-hydrogen) atoms. The largest absolute Gasteiger partial charge is 0.497 e. The van der Waals surface area contributed by atoms with E-state index in [0.717, 1.165) is 34.0 Å². The number of methoxy groups -OCH3 is 2. The third kappa shape index (κ3) is 5.84. The van der Waals surface area contributed by atoms with Crippen LogP contribution in [0.25, 0.3) is 0 Å². The van der Waals surface area contributed by atoms with Crippen LogP contribution in [0.2, 0.25) is 10.0 Å². The molecule has 4 aromatic carbocycles. The Kier molecular flexibility index (Phi) is 7.63. The fourth-order valence-corrected chi connectivity index (χ4v) is 3.55. The number of hydrogen-bond donors (Lipinski definition) is 0. The van der Waals surface area contributed by atoms with Gasteiger partial charge in [-0.2, -0.15) is 0 Å². The molecule has 0 unspecified atom stereocenters. The number of rotatable bonds is 7. The Morgan fingerprint density at radius 3 is 1.12 bits per heavy atom. The van der Waals surface area contributed by atoms with Crippen molar-refractivity contribution in [1.82, 2.24) is 0 Å². The van der Waals surface area contributed by atoms with Crippen molar-refractivity contribution in [3.8, 4) is 11.5 Å². The Hall–Kier alpha value is -3.60. The minimum Gasteiger partial charge on any atom is -0.497 e. The monoisotopic (exact) mass is 488 g/mol. The minimum absolute atomic E-state index is 0.648. The van der Waals surface area contributed by atoms with E-state index in [1.165, 1.54) is 0 Å². The lowest BCUT2D eigenvalue weighted by atomic mass is 9.98. The van der Waals surface area contributed by atoms with Gasteiger partial charge in [0.1, 0.15) is 11.5 Å². The number of nitrogens with zero attached hydrogens (tertiary/aromatic N) is 2. The number of halogens is 2. The summed E-state index contributed by atoms with van der Waals surface area (Å²) in [5, 5.41) is 1.30. The summed E-state index contributed by atoms with van der Waals surface area (Å²) in [7, 11) is 3.28. The van der Waals surface area contributed by atoms with Gasteiger partial charge in [0.15, 0.2) is 0 Å². The van der Waals surface area contributed by atoms with Gasteiger partial charge in [-0.25, -0.2) is 9.98 Å². The van der Waals surface area contributed by atoms with Crippen molar-refractivity contribution >= 4 is 46.0 Å². The van der Waals surface area contributed by atoms with E-state index in [2.05, 4.69) is 0 Å². The molecule has 0 radical (unpaired) electrons. The predicted molar refractivity (Wildman–Crippen MR) is 141 cm³/mol. The van der Waals surface area contributed by atoms with Gasteiger partial charge in [-0.3, -0.25) is 0 Å². The van der Waals surface area contributed by atoms with E-state index >= 15 is 0 Å². The van der Waals surface area contributed by atoms with Crippen LogP contribution in [0, 0.1) is 0 Å². The molecule has 0 amide bonds. The highest BCUT2D eigenvalue weighted by Crippen LogP contribution is 2.25. The molecule has 6 heteroatoms. The third-order valence-corrected chi connectivity index (χ3v) is 5.59. The molecule has 0 saturated carbocycles. The van der Waals surface area contributed by atoms with E-state index in [1.807, 2.05) is 97.1 Å². The summed E-state index contributed by atoms with van der Waals surface area (Å²) >= 11 is 12.2. The molecular weight excluding hydrogens is 467 g/mol. The highest BCUT2D eigenvalue weighted by Gasteiger charge is 2.16. The molecule has 0 aliphatic rings. The van der Waals surface area contributed by atoms with E-state index in [-0.39, 0.29) is 0 Å². The van der Waals surface area contributed by atoms with Crippen LogP contribution in [-0.2, 0) is 0 Å². The van der Waals surface area contributed by atoms with Crippen LogP contribution < -0.4 is 9.47 Å². The van der Waals surface area contributed by atoms with Gasteiger partial charge in [0.25, 0.3) is 0 Å². The first kappa shape index (κ1) is 23.6. The highest BCUT2D eigenvalue weighted by molar-refractivity contribution is 6.54. The van der Waals surface area contributed by atoms with Crippen LogP contribution in [0.5, 0.6) is 11.5 Å². The zero-order valence-electron chi connectivity index (χ0n) is 18.7. The average Bonchev–Trinajstić information content (AvgIpc) is 2.88. The van der Waals surface area contributed by atoms with Crippen LogP contribution in [0.15, 0.2) is 107 Å². The van der Waals surface area contributed by atoms with Gasteiger partial charge in [0.2, 0.25) is 0 Å². The maximum Gasteiger partial charge on any atom is 0.118 e. The molecule has 0 aromatic heterocycles. The summed E-state index contributed by atoms with van der Waals surface area (Å²) in [6, 6.07) is 30.2. The van der Waals surface area contributed by atoms with E-state index in [9.17, 15) is 0 Å². The summed E-state index contributed by atoms with van der Waals surface area (Å²) in [5.74, 6) is 1.52. The number of aliphatic imine (C=N–C) groups is 2. The number of ether oxygens (including phenoxy) is 2. The quantitative estimate of drug-likeness (QED) is 0.247. The maximum atomic E-state index is 6.10. The summed E-state index contributed by atoms with van der Waals surface area (Å²) < 4.78 is 10.7. The van der Waals surface area contributed by atoms with Crippen molar-refractivity contribution in [3.05, 3.63) is 118 Å². The lowest BCUT2D eigenvalue weighted by Gasteiger charge is -2.13. The van der Waals surface area contributed by atoms with Crippen molar-refractivity contribution in [2.45, 2.75) is 0 Å². The minimum atomic E-state index is 0.648. The molecule has 4 nitrogen and oxygen atoms in total. The third-order valence-electron chi connectivity index (χ3n) is 5.09. The molecule has 0 aliphatic carbocycles. The first-order valence-corrected chi connectivity index (χ1v) is 11.3. The molecule has 0 N–H and O–H groups in total. The second kappa shape index (κ2) is 11.0. The number of hydrogen-bond acceptors (Lipinski definition) is 4. The van der Waals surface area contributed by atoms with Gasteiger partial charge in [0.05, 0.1) is 37.0 Å². The van der Waals surface area contributed by atoms with E-state index in [0.29, 0.717) is 21.5 Å². The smallest absolute Gasteiger partial charge is 0.118 e. The van der Waals surface area contributed by atoms with Crippen LogP contribution >= 0.6 is 23.2 Å². The molecule has 0 heterocycles. The van der Waals surface area contributed by atoms with Crippen molar-refractivity contribution < 1.29 is 9.47 Å². The van der Waals surface area contributed by atoms with Crippen LogP contribution in [-0.4, -0.2) is 25.6 Å². The normalized spacial score (nSPS) is 11.9.